The van der Waals surface area contributed by atoms with Crippen LogP contribution in [0, 0.1) is 0 Å². The van der Waals surface area contributed by atoms with Crippen LogP contribution in [0.1, 0.15) is 46.6 Å². The van der Waals surface area contributed by atoms with E-state index in [1.807, 2.05) is 0 Å². The number of rotatable bonds is 9. The molecule has 0 aliphatic rings. The van der Waals surface area contributed by atoms with Gasteiger partial charge in [-0.15, -0.1) is 13.2 Å². The Morgan fingerprint density at radius 3 is 1.94 bits per heavy atom. The maximum atomic E-state index is 14.4. The molecule has 0 fully saturated rings. The summed E-state index contributed by atoms with van der Waals surface area (Å²) in [6.45, 7) is 7.13. The quantitative estimate of drug-likeness (QED) is 0.398. The molecule has 0 radical (unpaired) electrons. The second kappa shape index (κ2) is 10.9. The lowest BCUT2D eigenvalue weighted by atomic mass is 10.00. The Balaban J connectivity index is 3.03. The van der Waals surface area contributed by atoms with E-state index in [0.29, 0.717) is 0 Å². The number of carbonyl (C=O) groups excluding carboxylic acids is 2. The molecule has 8 nitrogen and oxygen atoms in total. The van der Waals surface area contributed by atoms with Crippen LogP contribution in [0.5, 0.6) is 5.75 Å². The molecule has 1 amide bonds. The standard InChI is InChI=1S/C22H29F4NO7/c1-20(2,3)34-19(31)27(6)15(12-21(4,5)23)18(30)32-16(17(28)29)11-13-7-9-14(10-8-13)33-22(24,25)26/h7-10,15-16H,11-12H2,1-6H3,(H,28,29). The fourth-order valence-electron chi connectivity index (χ4n) is 2.74. The molecule has 0 saturated heterocycles. The number of halogens is 4. The van der Waals surface area contributed by atoms with E-state index < -0.39 is 66.4 Å². The van der Waals surface area contributed by atoms with Crippen LogP contribution >= 0.6 is 0 Å². The summed E-state index contributed by atoms with van der Waals surface area (Å²) in [7, 11) is 1.20. The van der Waals surface area contributed by atoms with Crippen molar-refractivity contribution in [1.82, 2.24) is 4.90 Å². The summed E-state index contributed by atoms with van der Waals surface area (Å²) in [5, 5.41) is 9.48. The van der Waals surface area contributed by atoms with Gasteiger partial charge in [0.1, 0.15) is 23.1 Å². The number of alkyl halides is 4. The van der Waals surface area contributed by atoms with E-state index in [2.05, 4.69) is 4.74 Å². The number of aliphatic carboxylic acids is 1. The van der Waals surface area contributed by atoms with Crippen molar-refractivity contribution in [3.63, 3.8) is 0 Å². The first kappa shape index (κ1) is 29.0. The molecular formula is C22H29F4NO7. The van der Waals surface area contributed by atoms with Gasteiger partial charge in [-0.05, 0) is 52.3 Å². The molecule has 0 spiro atoms. The monoisotopic (exact) mass is 495 g/mol. The number of benzene rings is 1. The van der Waals surface area contributed by atoms with Crippen LogP contribution in [0.25, 0.3) is 0 Å². The number of amides is 1. The molecule has 2 unspecified atom stereocenters. The minimum absolute atomic E-state index is 0.234. The van der Waals surface area contributed by atoms with Crippen LogP contribution in [0.15, 0.2) is 24.3 Å². The molecule has 0 aliphatic carbocycles. The Labute approximate surface area is 194 Å². The van der Waals surface area contributed by atoms with Crippen LogP contribution in [-0.4, -0.2) is 64.9 Å². The summed E-state index contributed by atoms with van der Waals surface area (Å²) in [6, 6.07) is 2.82. The summed E-state index contributed by atoms with van der Waals surface area (Å²) in [5.41, 5.74) is -2.60. The van der Waals surface area contributed by atoms with Gasteiger partial charge in [0.15, 0.2) is 0 Å². The van der Waals surface area contributed by atoms with Gasteiger partial charge in [0.05, 0.1) is 0 Å². The molecule has 1 N–H and O–H groups in total. The van der Waals surface area contributed by atoms with E-state index in [4.69, 9.17) is 9.47 Å². The third kappa shape index (κ3) is 10.7. The van der Waals surface area contributed by atoms with E-state index in [0.717, 1.165) is 17.0 Å². The molecule has 34 heavy (non-hydrogen) atoms. The zero-order valence-corrected chi connectivity index (χ0v) is 19.7. The number of ether oxygens (including phenoxy) is 3. The Kier molecular flexibility index (Phi) is 9.31. The maximum Gasteiger partial charge on any atom is 0.573 e. The van der Waals surface area contributed by atoms with Gasteiger partial charge in [-0.25, -0.2) is 18.8 Å². The van der Waals surface area contributed by atoms with E-state index in [1.54, 1.807) is 20.8 Å². The highest BCUT2D eigenvalue weighted by molar-refractivity contribution is 5.84. The number of esters is 1. The molecule has 1 aromatic carbocycles. The molecule has 192 valence electrons. The number of carboxylic acid groups (broad SMARTS) is 1. The topological polar surface area (TPSA) is 102 Å². The summed E-state index contributed by atoms with van der Waals surface area (Å²) in [4.78, 5) is 37.7. The molecule has 0 bridgehead atoms. The lowest BCUT2D eigenvalue weighted by molar-refractivity contribution is -0.274. The number of carbonyl (C=O) groups is 3. The molecule has 0 saturated carbocycles. The molecule has 0 heterocycles. The highest BCUT2D eigenvalue weighted by Gasteiger charge is 2.38. The molecule has 0 aromatic heterocycles. The zero-order chi connectivity index (χ0) is 26.5. The normalized spacial score (nSPS) is 14.1. The third-order valence-corrected chi connectivity index (χ3v) is 4.21. The highest BCUT2D eigenvalue weighted by atomic mass is 19.4. The Morgan fingerprint density at radius 1 is 1.00 bits per heavy atom. The first-order chi connectivity index (χ1) is 15.3. The van der Waals surface area contributed by atoms with E-state index in [9.17, 15) is 37.1 Å². The number of carboxylic acids is 1. The van der Waals surface area contributed by atoms with Gasteiger partial charge >= 0.3 is 24.4 Å². The van der Waals surface area contributed by atoms with Crippen molar-refractivity contribution in [3.05, 3.63) is 29.8 Å². The van der Waals surface area contributed by atoms with Gasteiger partial charge in [0.2, 0.25) is 6.10 Å². The summed E-state index contributed by atoms with van der Waals surface area (Å²) >= 11 is 0. The second-order valence-corrected chi connectivity index (χ2v) is 9.19. The van der Waals surface area contributed by atoms with E-state index in [-0.39, 0.29) is 5.56 Å². The smallest absolute Gasteiger partial charge is 0.478 e. The molecule has 1 rings (SSSR count). The van der Waals surface area contributed by atoms with Crippen molar-refractivity contribution in [3.8, 4) is 5.75 Å². The number of hydrogen-bond acceptors (Lipinski definition) is 6. The van der Waals surface area contributed by atoms with Crippen LogP contribution in [0.3, 0.4) is 0 Å². The average molecular weight is 495 g/mol. The Morgan fingerprint density at radius 2 is 1.53 bits per heavy atom. The van der Waals surface area contributed by atoms with Crippen molar-refractivity contribution in [1.29, 1.82) is 0 Å². The number of nitrogens with zero attached hydrogens (tertiary/aromatic N) is 1. The third-order valence-electron chi connectivity index (χ3n) is 4.21. The average Bonchev–Trinajstić information content (AvgIpc) is 2.63. The lowest BCUT2D eigenvalue weighted by Crippen LogP contribution is -2.49. The molecular weight excluding hydrogens is 466 g/mol. The lowest BCUT2D eigenvalue weighted by Gasteiger charge is -2.32. The van der Waals surface area contributed by atoms with Crippen LogP contribution in [0.2, 0.25) is 0 Å². The fraction of sp³-hybridized carbons (Fsp3) is 0.591. The van der Waals surface area contributed by atoms with Crippen LogP contribution in [-0.2, 0) is 25.5 Å². The first-order valence-corrected chi connectivity index (χ1v) is 10.2. The minimum Gasteiger partial charge on any atom is -0.478 e. The van der Waals surface area contributed by atoms with Crippen molar-refractivity contribution in [2.75, 3.05) is 7.05 Å². The predicted octanol–water partition coefficient (Wildman–Crippen LogP) is 4.50. The maximum absolute atomic E-state index is 14.4. The fourth-order valence-corrected chi connectivity index (χ4v) is 2.74. The van der Waals surface area contributed by atoms with E-state index >= 15 is 0 Å². The van der Waals surface area contributed by atoms with Gasteiger partial charge in [0, 0.05) is 19.9 Å². The van der Waals surface area contributed by atoms with Crippen molar-refractivity contribution >= 4 is 18.0 Å². The Hall–Kier alpha value is -3.05. The zero-order valence-electron chi connectivity index (χ0n) is 19.7. The SMILES string of the molecule is CN(C(=O)OC(C)(C)C)C(CC(C)(C)F)C(=O)OC(Cc1ccc(OC(F)(F)F)cc1)C(=O)O. The second-order valence-electron chi connectivity index (χ2n) is 9.19. The highest BCUT2D eigenvalue weighted by Crippen LogP contribution is 2.25. The predicted molar refractivity (Wildman–Crippen MR) is 112 cm³/mol. The molecule has 1 aromatic rings. The summed E-state index contributed by atoms with van der Waals surface area (Å²) in [5.74, 6) is -3.23. The van der Waals surface area contributed by atoms with Gasteiger partial charge in [-0.3, -0.25) is 4.90 Å². The van der Waals surface area contributed by atoms with Gasteiger partial charge in [0.25, 0.3) is 0 Å². The van der Waals surface area contributed by atoms with Gasteiger partial charge < -0.3 is 19.3 Å². The van der Waals surface area contributed by atoms with Gasteiger partial charge in [-0.2, -0.15) is 0 Å². The molecule has 2 atom stereocenters. The first-order valence-electron chi connectivity index (χ1n) is 10.2. The molecule has 0 aliphatic heterocycles. The van der Waals surface area contributed by atoms with Crippen molar-refractivity contribution in [2.24, 2.45) is 0 Å². The number of hydrogen-bond donors (Lipinski definition) is 1. The van der Waals surface area contributed by atoms with Crippen LogP contribution < -0.4 is 4.74 Å². The minimum atomic E-state index is -4.89. The van der Waals surface area contributed by atoms with Gasteiger partial charge in [-0.1, -0.05) is 12.1 Å². The van der Waals surface area contributed by atoms with Crippen LogP contribution in [0.4, 0.5) is 22.4 Å². The van der Waals surface area contributed by atoms with Crippen molar-refractivity contribution < 1.29 is 51.3 Å². The number of likely N-dealkylation sites (N-methyl/N-ethyl adjacent to an activating group) is 1. The largest absolute Gasteiger partial charge is 0.573 e. The Bertz CT molecular complexity index is 858. The molecule has 12 heteroatoms. The summed E-state index contributed by atoms with van der Waals surface area (Å²) in [6.07, 6.45) is -8.47. The van der Waals surface area contributed by atoms with Crippen molar-refractivity contribution in [2.45, 2.75) is 77.2 Å². The van der Waals surface area contributed by atoms with E-state index in [1.165, 1.54) is 33.0 Å². The summed E-state index contributed by atoms with van der Waals surface area (Å²) < 4.78 is 65.2.